The van der Waals surface area contributed by atoms with E-state index in [2.05, 4.69) is 10.6 Å². The zero-order valence-corrected chi connectivity index (χ0v) is 14.0. The molecule has 6 heteroatoms. The summed E-state index contributed by atoms with van der Waals surface area (Å²) < 4.78 is 0. The number of rotatable bonds is 5. The molecule has 1 fully saturated rings. The fraction of sp³-hybridized carbons (Fsp3) is 0.500. The van der Waals surface area contributed by atoms with Crippen molar-refractivity contribution in [3.8, 4) is 0 Å². The molecule has 0 saturated heterocycles. The molecule has 2 atom stereocenters. The monoisotopic (exact) mass is 332 g/mol. The van der Waals surface area contributed by atoms with Crippen LogP contribution < -0.4 is 10.6 Å². The van der Waals surface area contributed by atoms with E-state index in [9.17, 15) is 19.5 Å². The van der Waals surface area contributed by atoms with Gasteiger partial charge in [-0.3, -0.25) is 14.4 Å². The van der Waals surface area contributed by atoms with Crippen LogP contribution in [0.4, 0.5) is 11.4 Å². The smallest absolute Gasteiger partial charge is 0.307 e. The van der Waals surface area contributed by atoms with E-state index >= 15 is 0 Å². The minimum absolute atomic E-state index is 0.0710. The molecule has 1 aromatic carbocycles. The standard InChI is InChI=1S/C18H24N2O4/c1-11(2)16(21)19-12-7-9-13(10-8-12)20-17(22)14-5-3-4-6-15(14)18(23)24/h7-11,14-15H,3-6H2,1-2H3,(H,19,21)(H,20,22)(H,23,24)/t14-,15-/m0/s1. The first-order valence-corrected chi connectivity index (χ1v) is 8.33. The Balaban J connectivity index is 1.98. The largest absolute Gasteiger partial charge is 0.481 e. The summed E-state index contributed by atoms with van der Waals surface area (Å²) in [4.78, 5) is 35.3. The maximum atomic E-state index is 12.4. The molecule has 24 heavy (non-hydrogen) atoms. The topological polar surface area (TPSA) is 95.5 Å². The number of amides is 2. The van der Waals surface area contributed by atoms with Crippen molar-refractivity contribution < 1.29 is 19.5 Å². The summed E-state index contributed by atoms with van der Waals surface area (Å²) in [6.07, 6.45) is 2.88. The fourth-order valence-electron chi connectivity index (χ4n) is 2.90. The van der Waals surface area contributed by atoms with Crippen LogP contribution >= 0.6 is 0 Å². The number of carboxylic acids is 1. The Morgan fingerprint density at radius 2 is 1.46 bits per heavy atom. The van der Waals surface area contributed by atoms with Crippen LogP contribution in [0.15, 0.2) is 24.3 Å². The molecule has 0 aromatic heterocycles. The van der Waals surface area contributed by atoms with Crippen LogP contribution in [-0.2, 0) is 14.4 Å². The van der Waals surface area contributed by atoms with Gasteiger partial charge in [-0.05, 0) is 37.1 Å². The summed E-state index contributed by atoms with van der Waals surface area (Å²) in [7, 11) is 0. The number of nitrogens with one attached hydrogen (secondary N) is 2. The van der Waals surface area contributed by atoms with Gasteiger partial charge in [0.1, 0.15) is 0 Å². The molecule has 0 heterocycles. The highest BCUT2D eigenvalue weighted by atomic mass is 16.4. The Hall–Kier alpha value is -2.37. The molecule has 0 unspecified atom stereocenters. The zero-order chi connectivity index (χ0) is 17.7. The lowest BCUT2D eigenvalue weighted by atomic mass is 9.78. The van der Waals surface area contributed by atoms with Crippen molar-refractivity contribution in [3.05, 3.63) is 24.3 Å². The molecule has 0 aliphatic heterocycles. The number of anilines is 2. The van der Waals surface area contributed by atoms with Crippen molar-refractivity contribution in [1.29, 1.82) is 0 Å². The van der Waals surface area contributed by atoms with E-state index in [1.54, 1.807) is 24.3 Å². The van der Waals surface area contributed by atoms with Gasteiger partial charge in [0.25, 0.3) is 0 Å². The SMILES string of the molecule is CC(C)C(=O)Nc1ccc(NC(=O)[C@H]2CCCC[C@@H]2C(=O)O)cc1. The van der Waals surface area contributed by atoms with Gasteiger partial charge in [0, 0.05) is 17.3 Å². The lowest BCUT2D eigenvalue weighted by Crippen LogP contribution is -2.36. The molecule has 0 radical (unpaired) electrons. The Kier molecular flexibility index (Phi) is 5.95. The lowest BCUT2D eigenvalue weighted by Gasteiger charge is -2.27. The molecule has 1 aromatic rings. The average Bonchev–Trinajstić information content (AvgIpc) is 2.56. The van der Waals surface area contributed by atoms with Crippen LogP contribution in [0.25, 0.3) is 0 Å². The molecule has 1 aliphatic carbocycles. The van der Waals surface area contributed by atoms with Gasteiger partial charge in [-0.2, -0.15) is 0 Å². The molecule has 6 nitrogen and oxygen atoms in total. The highest BCUT2D eigenvalue weighted by Crippen LogP contribution is 2.31. The Morgan fingerprint density at radius 3 is 1.96 bits per heavy atom. The second-order valence-electron chi connectivity index (χ2n) is 6.55. The van der Waals surface area contributed by atoms with E-state index < -0.39 is 17.8 Å². The van der Waals surface area contributed by atoms with Crippen LogP contribution in [0.2, 0.25) is 0 Å². The second-order valence-corrected chi connectivity index (χ2v) is 6.55. The molecular formula is C18H24N2O4. The van der Waals surface area contributed by atoms with Gasteiger partial charge in [-0.15, -0.1) is 0 Å². The molecular weight excluding hydrogens is 308 g/mol. The van der Waals surface area contributed by atoms with Crippen molar-refractivity contribution in [1.82, 2.24) is 0 Å². The van der Waals surface area contributed by atoms with Crippen molar-refractivity contribution >= 4 is 29.2 Å². The van der Waals surface area contributed by atoms with Crippen molar-refractivity contribution in [2.45, 2.75) is 39.5 Å². The van der Waals surface area contributed by atoms with E-state index in [1.165, 1.54) is 0 Å². The number of carbonyl (C=O) groups is 3. The number of carboxylic acid groups (broad SMARTS) is 1. The summed E-state index contributed by atoms with van der Waals surface area (Å²) in [5.41, 5.74) is 1.25. The highest BCUT2D eigenvalue weighted by molar-refractivity contribution is 5.96. The van der Waals surface area contributed by atoms with Crippen molar-refractivity contribution in [2.75, 3.05) is 10.6 Å². The van der Waals surface area contributed by atoms with Gasteiger partial charge in [-0.1, -0.05) is 26.7 Å². The number of benzene rings is 1. The molecule has 1 saturated carbocycles. The van der Waals surface area contributed by atoms with Crippen LogP contribution in [0.3, 0.4) is 0 Å². The first-order chi connectivity index (χ1) is 11.4. The van der Waals surface area contributed by atoms with Crippen LogP contribution in [0, 0.1) is 17.8 Å². The summed E-state index contributed by atoms with van der Waals surface area (Å²) in [6, 6.07) is 6.83. The van der Waals surface area contributed by atoms with Gasteiger partial charge in [0.2, 0.25) is 11.8 Å². The van der Waals surface area contributed by atoms with Gasteiger partial charge < -0.3 is 15.7 Å². The van der Waals surface area contributed by atoms with Crippen molar-refractivity contribution in [2.24, 2.45) is 17.8 Å². The van der Waals surface area contributed by atoms with Gasteiger partial charge >= 0.3 is 5.97 Å². The second kappa shape index (κ2) is 7.95. The molecule has 2 rings (SSSR count). The van der Waals surface area contributed by atoms with E-state index in [0.29, 0.717) is 24.2 Å². The Bertz CT molecular complexity index is 610. The van der Waals surface area contributed by atoms with Crippen LogP contribution in [-0.4, -0.2) is 22.9 Å². The number of carbonyl (C=O) groups excluding carboxylic acids is 2. The molecule has 0 spiro atoms. The van der Waals surface area contributed by atoms with Crippen molar-refractivity contribution in [3.63, 3.8) is 0 Å². The normalized spacial score (nSPS) is 20.5. The minimum atomic E-state index is -0.901. The number of hydrogen-bond donors (Lipinski definition) is 3. The molecule has 130 valence electrons. The van der Waals surface area contributed by atoms with Crippen LogP contribution in [0.1, 0.15) is 39.5 Å². The fourth-order valence-corrected chi connectivity index (χ4v) is 2.90. The van der Waals surface area contributed by atoms with Crippen LogP contribution in [0.5, 0.6) is 0 Å². The van der Waals surface area contributed by atoms with E-state index in [1.807, 2.05) is 13.8 Å². The third-order valence-corrected chi connectivity index (χ3v) is 4.36. The lowest BCUT2D eigenvalue weighted by molar-refractivity contribution is -0.147. The first-order valence-electron chi connectivity index (χ1n) is 8.33. The maximum absolute atomic E-state index is 12.4. The first kappa shape index (κ1) is 18.0. The van der Waals surface area contributed by atoms with Gasteiger partial charge in [0.15, 0.2) is 0 Å². The summed E-state index contributed by atoms with van der Waals surface area (Å²) in [5, 5.41) is 14.8. The third-order valence-electron chi connectivity index (χ3n) is 4.36. The summed E-state index contributed by atoms with van der Waals surface area (Å²) >= 11 is 0. The quantitative estimate of drug-likeness (QED) is 0.772. The van der Waals surface area contributed by atoms with E-state index in [4.69, 9.17) is 0 Å². The van der Waals surface area contributed by atoms with Gasteiger partial charge in [0.05, 0.1) is 11.8 Å². The van der Waals surface area contributed by atoms with E-state index in [-0.39, 0.29) is 17.7 Å². The minimum Gasteiger partial charge on any atom is -0.481 e. The summed E-state index contributed by atoms with van der Waals surface area (Å²) in [5.74, 6) is -2.43. The zero-order valence-electron chi connectivity index (χ0n) is 14.0. The molecule has 1 aliphatic rings. The number of aliphatic carboxylic acids is 1. The Morgan fingerprint density at radius 1 is 0.958 bits per heavy atom. The average molecular weight is 332 g/mol. The molecule has 2 amide bonds. The molecule has 3 N–H and O–H groups in total. The predicted octanol–water partition coefficient (Wildman–Crippen LogP) is 3.11. The van der Waals surface area contributed by atoms with Gasteiger partial charge in [-0.25, -0.2) is 0 Å². The Labute approximate surface area is 141 Å². The highest BCUT2D eigenvalue weighted by Gasteiger charge is 2.35. The third kappa shape index (κ3) is 4.57. The maximum Gasteiger partial charge on any atom is 0.307 e. The molecule has 0 bridgehead atoms. The summed E-state index contributed by atoms with van der Waals surface area (Å²) in [6.45, 7) is 3.62. The number of hydrogen-bond acceptors (Lipinski definition) is 3. The predicted molar refractivity (Wildman–Crippen MR) is 91.6 cm³/mol. The van der Waals surface area contributed by atoms with E-state index in [0.717, 1.165) is 12.8 Å².